The minimum absolute atomic E-state index is 0.302. The van der Waals surface area contributed by atoms with Crippen molar-refractivity contribution >= 4 is 16.8 Å². The lowest BCUT2D eigenvalue weighted by atomic mass is 9.72. The molecule has 4 nitrogen and oxygen atoms in total. The van der Waals surface area contributed by atoms with E-state index in [1.807, 2.05) is 12.3 Å². The Morgan fingerprint density at radius 3 is 2.59 bits per heavy atom. The molecular weight excluding hydrogens is 396 g/mol. The quantitative estimate of drug-likeness (QED) is 0.582. The number of carbonyl (C=O) groups excluding carboxylic acids is 1. The van der Waals surface area contributed by atoms with Gasteiger partial charge in [-0.2, -0.15) is 0 Å². The van der Waals surface area contributed by atoms with Crippen LogP contribution in [-0.2, 0) is 21.4 Å². The van der Waals surface area contributed by atoms with E-state index in [4.69, 9.17) is 4.74 Å². The van der Waals surface area contributed by atoms with Crippen LogP contribution in [-0.4, -0.2) is 42.1 Å². The molecule has 0 N–H and O–H groups in total. The van der Waals surface area contributed by atoms with Gasteiger partial charge in [0.2, 0.25) is 5.91 Å². The first-order chi connectivity index (χ1) is 15.7. The van der Waals surface area contributed by atoms with Gasteiger partial charge in [-0.05, 0) is 62.1 Å². The maximum Gasteiger partial charge on any atom is 0.233 e. The van der Waals surface area contributed by atoms with Gasteiger partial charge in [-0.25, -0.2) is 0 Å². The number of fused-ring (bicyclic) bond motifs is 1. The van der Waals surface area contributed by atoms with Crippen LogP contribution < -0.4 is 0 Å². The molecule has 0 saturated carbocycles. The highest BCUT2D eigenvalue weighted by atomic mass is 16.5. The number of nitrogens with zero attached hydrogens (tertiary/aromatic N) is 2. The Bertz CT molecular complexity index is 1090. The number of amides is 1. The molecule has 0 unspecified atom stereocenters. The minimum Gasteiger partial charge on any atom is -0.381 e. The van der Waals surface area contributed by atoms with E-state index in [1.54, 1.807) is 0 Å². The standard InChI is InChI=1S/C28H32N2O2/c1-21-5-2-9-25(19-21)28(12-17-32-18-13-28)27(31)30-15-10-22(11-16-30)20-24-7-3-6-23-8-4-14-29-26(23)24/h2-9,14,19,22H,10-13,15-18,20H2,1H3. The molecule has 3 heterocycles. The van der Waals surface area contributed by atoms with Crippen molar-refractivity contribution in [3.63, 3.8) is 0 Å². The van der Waals surface area contributed by atoms with Crippen LogP contribution >= 0.6 is 0 Å². The van der Waals surface area contributed by atoms with Gasteiger partial charge >= 0.3 is 0 Å². The number of benzene rings is 2. The number of piperidine rings is 1. The SMILES string of the molecule is Cc1cccc(C2(C(=O)N3CCC(Cc4cccc5cccnc45)CC3)CCOCC2)c1. The molecule has 0 bridgehead atoms. The van der Waals surface area contributed by atoms with Crippen molar-refractivity contribution in [2.24, 2.45) is 5.92 Å². The zero-order valence-electron chi connectivity index (χ0n) is 18.9. The van der Waals surface area contributed by atoms with Gasteiger partial charge in [0.15, 0.2) is 0 Å². The van der Waals surface area contributed by atoms with Gasteiger partial charge < -0.3 is 9.64 Å². The Labute approximate surface area is 190 Å². The van der Waals surface area contributed by atoms with Crippen LogP contribution in [0.25, 0.3) is 10.9 Å². The second-order valence-corrected chi connectivity index (χ2v) is 9.50. The molecule has 2 aliphatic heterocycles. The van der Waals surface area contributed by atoms with Gasteiger partial charge in [0, 0.05) is 37.9 Å². The maximum atomic E-state index is 13.9. The van der Waals surface area contributed by atoms with Crippen LogP contribution in [0.5, 0.6) is 0 Å². The predicted octanol–water partition coefficient (Wildman–Crippen LogP) is 5.07. The first-order valence-corrected chi connectivity index (χ1v) is 11.9. The smallest absolute Gasteiger partial charge is 0.233 e. The molecule has 0 radical (unpaired) electrons. The molecule has 3 aromatic rings. The van der Waals surface area contributed by atoms with Crippen molar-refractivity contribution < 1.29 is 9.53 Å². The Kier molecular flexibility index (Phi) is 5.97. The topological polar surface area (TPSA) is 42.4 Å². The number of rotatable bonds is 4. The van der Waals surface area contributed by atoms with E-state index in [1.165, 1.54) is 16.5 Å². The third-order valence-corrected chi connectivity index (χ3v) is 7.45. The van der Waals surface area contributed by atoms with Gasteiger partial charge in [-0.15, -0.1) is 0 Å². The molecule has 32 heavy (non-hydrogen) atoms. The van der Waals surface area contributed by atoms with E-state index in [0.717, 1.165) is 56.3 Å². The van der Waals surface area contributed by atoms with Crippen molar-refractivity contribution in [3.05, 3.63) is 77.5 Å². The number of aryl methyl sites for hydroxylation is 1. The highest BCUT2D eigenvalue weighted by Crippen LogP contribution is 2.38. The van der Waals surface area contributed by atoms with E-state index < -0.39 is 5.41 Å². The Balaban J connectivity index is 1.30. The first-order valence-electron chi connectivity index (χ1n) is 11.9. The third-order valence-electron chi connectivity index (χ3n) is 7.45. The van der Waals surface area contributed by atoms with E-state index in [0.29, 0.717) is 25.0 Å². The van der Waals surface area contributed by atoms with E-state index in [9.17, 15) is 4.79 Å². The monoisotopic (exact) mass is 428 g/mol. The molecular formula is C28H32N2O2. The number of carbonyl (C=O) groups is 1. The Hall–Kier alpha value is -2.72. The second-order valence-electron chi connectivity index (χ2n) is 9.50. The molecule has 2 aromatic carbocycles. The Morgan fingerprint density at radius 2 is 1.81 bits per heavy atom. The van der Waals surface area contributed by atoms with Crippen LogP contribution in [0.1, 0.15) is 42.4 Å². The number of hydrogen-bond acceptors (Lipinski definition) is 3. The third kappa shape index (κ3) is 4.04. The van der Waals surface area contributed by atoms with Gasteiger partial charge in [-0.3, -0.25) is 9.78 Å². The molecule has 0 spiro atoms. The summed E-state index contributed by atoms with van der Waals surface area (Å²) in [5, 5.41) is 1.21. The van der Waals surface area contributed by atoms with Crippen molar-refractivity contribution in [3.8, 4) is 0 Å². The molecule has 5 rings (SSSR count). The average Bonchev–Trinajstić information content (AvgIpc) is 2.85. The molecule has 0 atom stereocenters. The van der Waals surface area contributed by atoms with Crippen LogP contribution in [0.4, 0.5) is 0 Å². The lowest BCUT2D eigenvalue weighted by molar-refractivity contribution is -0.142. The van der Waals surface area contributed by atoms with Crippen LogP contribution in [0, 0.1) is 12.8 Å². The summed E-state index contributed by atoms with van der Waals surface area (Å²) in [6.45, 7) is 5.11. The van der Waals surface area contributed by atoms with Gasteiger partial charge in [-0.1, -0.05) is 54.1 Å². The highest BCUT2D eigenvalue weighted by Gasteiger charge is 2.44. The summed E-state index contributed by atoms with van der Waals surface area (Å²) in [6, 6.07) is 19.1. The highest BCUT2D eigenvalue weighted by molar-refractivity contribution is 5.88. The fourth-order valence-electron chi connectivity index (χ4n) is 5.57. The molecule has 4 heteroatoms. The zero-order chi connectivity index (χ0) is 22.0. The average molecular weight is 429 g/mol. The normalized spacial score (nSPS) is 19.2. The maximum absolute atomic E-state index is 13.9. The lowest BCUT2D eigenvalue weighted by Crippen LogP contribution is -2.52. The lowest BCUT2D eigenvalue weighted by Gasteiger charge is -2.42. The van der Waals surface area contributed by atoms with Crippen LogP contribution in [0.2, 0.25) is 0 Å². The van der Waals surface area contributed by atoms with E-state index >= 15 is 0 Å². The molecule has 2 fully saturated rings. The van der Waals surface area contributed by atoms with Crippen molar-refractivity contribution in [1.29, 1.82) is 0 Å². The molecule has 1 aromatic heterocycles. The van der Waals surface area contributed by atoms with E-state index in [-0.39, 0.29) is 0 Å². The number of hydrogen-bond donors (Lipinski definition) is 0. The largest absolute Gasteiger partial charge is 0.381 e. The molecule has 2 saturated heterocycles. The summed E-state index contributed by atoms with van der Waals surface area (Å²) in [5.74, 6) is 0.896. The molecule has 1 amide bonds. The van der Waals surface area contributed by atoms with Gasteiger partial charge in [0.05, 0.1) is 10.9 Å². The number of ether oxygens (including phenoxy) is 1. The second kappa shape index (κ2) is 9.03. The summed E-state index contributed by atoms with van der Waals surface area (Å²) in [5.41, 5.74) is 4.39. The summed E-state index contributed by atoms with van der Waals surface area (Å²) >= 11 is 0. The predicted molar refractivity (Wildman–Crippen MR) is 128 cm³/mol. The summed E-state index contributed by atoms with van der Waals surface area (Å²) in [4.78, 5) is 20.6. The van der Waals surface area contributed by atoms with E-state index in [2.05, 4.69) is 65.3 Å². The van der Waals surface area contributed by atoms with Crippen LogP contribution in [0.3, 0.4) is 0 Å². The molecule has 0 aliphatic carbocycles. The number of aromatic nitrogens is 1. The minimum atomic E-state index is -0.434. The number of pyridine rings is 1. The number of likely N-dealkylation sites (tertiary alicyclic amines) is 1. The first kappa shape index (κ1) is 21.1. The van der Waals surface area contributed by atoms with Crippen molar-refractivity contribution in [1.82, 2.24) is 9.88 Å². The van der Waals surface area contributed by atoms with Crippen molar-refractivity contribution in [2.75, 3.05) is 26.3 Å². The van der Waals surface area contributed by atoms with Crippen LogP contribution in [0.15, 0.2) is 60.8 Å². The number of para-hydroxylation sites is 1. The summed E-state index contributed by atoms with van der Waals surface area (Å²) < 4.78 is 5.66. The van der Waals surface area contributed by atoms with Gasteiger partial charge in [0.1, 0.15) is 0 Å². The fourth-order valence-corrected chi connectivity index (χ4v) is 5.57. The van der Waals surface area contributed by atoms with Gasteiger partial charge in [0.25, 0.3) is 0 Å². The summed E-state index contributed by atoms with van der Waals surface area (Å²) in [7, 11) is 0. The zero-order valence-corrected chi connectivity index (χ0v) is 18.9. The molecule has 166 valence electrons. The fraction of sp³-hybridized carbons (Fsp3) is 0.429. The van der Waals surface area contributed by atoms with Crippen molar-refractivity contribution in [2.45, 2.75) is 44.4 Å². The summed E-state index contributed by atoms with van der Waals surface area (Å²) in [6.07, 6.45) is 6.57. The molecule has 2 aliphatic rings. The Morgan fingerprint density at radius 1 is 1.06 bits per heavy atom.